The zero-order valence-electron chi connectivity index (χ0n) is 11.8. The lowest BCUT2D eigenvalue weighted by Gasteiger charge is -2.05. The first-order valence-electron chi connectivity index (χ1n) is 6.50. The summed E-state index contributed by atoms with van der Waals surface area (Å²) in [6.07, 6.45) is 0.910. The summed E-state index contributed by atoms with van der Waals surface area (Å²) in [5.41, 5.74) is 1.05. The molecule has 0 unspecified atom stereocenters. The highest BCUT2D eigenvalue weighted by Gasteiger charge is 2.09. The third-order valence-electron chi connectivity index (χ3n) is 2.76. The highest BCUT2D eigenvalue weighted by molar-refractivity contribution is 9.10. The minimum Gasteiger partial charge on any atom is -0.496 e. The third-order valence-corrected chi connectivity index (χ3v) is 4.41. The molecule has 108 valence electrons. The Bertz CT molecular complexity index is 571. The minimum atomic E-state index is 0.500. The minimum absolute atomic E-state index is 0.500. The van der Waals surface area contributed by atoms with Gasteiger partial charge in [0.05, 0.1) is 11.6 Å². The predicted molar refractivity (Wildman–Crippen MR) is 86.4 cm³/mol. The van der Waals surface area contributed by atoms with Gasteiger partial charge in [-0.3, -0.25) is 0 Å². The van der Waals surface area contributed by atoms with Gasteiger partial charge in [0, 0.05) is 24.6 Å². The van der Waals surface area contributed by atoms with E-state index >= 15 is 0 Å². The molecule has 2 rings (SSSR count). The molecule has 1 heterocycles. The number of rotatable bonds is 6. The molecule has 6 heteroatoms. The zero-order valence-corrected chi connectivity index (χ0v) is 14.2. The van der Waals surface area contributed by atoms with E-state index in [0.29, 0.717) is 6.04 Å². The van der Waals surface area contributed by atoms with E-state index in [0.717, 1.165) is 38.8 Å². The Balaban J connectivity index is 2.06. The molecule has 0 spiro atoms. The Morgan fingerprint density at radius 2 is 2.15 bits per heavy atom. The third kappa shape index (κ3) is 4.01. The highest BCUT2D eigenvalue weighted by Crippen LogP contribution is 2.31. The fourth-order valence-corrected chi connectivity index (χ4v) is 3.11. The molecule has 1 aromatic heterocycles. The molecule has 0 aliphatic heterocycles. The van der Waals surface area contributed by atoms with Crippen LogP contribution in [0.5, 0.6) is 5.75 Å². The number of nitrogens with zero attached hydrogens (tertiary/aromatic N) is 2. The van der Waals surface area contributed by atoms with Crippen molar-refractivity contribution in [2.75, 3.05) is 13.7 Å². The van der Waals surface area contributed by atoms with Crippen molar-refractivity contribution in [3.63, 3.8) is 0 Å². The molecule has 0 radical (unpaired) electrons. The zero-order chi connectivity index (χ0) is 14.5. The van der Waals surface area contributed by atoms with Gasteiger partial charge < -0.3 is 10.1 Å². The number of hydrogen-bond acceptors (Lipinski definition) is 5. The molecule has 0 saturated carbocycles. The SMILES string of the molecule is COc1ccc(-c2nnc(CCNC(C)C)s2)cc1Br. The van der Waals surface area contributed by atoms with E-state index in [4.69, 9.17) is 4.74 Å². The second kappa shape index (κ2) is 7.15. The van der Waals surface area contributed by atoms with Gasteiger partial charge in [-0.05, 0) is 34.1 Å². The van der Waals surface area contributed by atoms with Crippen LogP contribution in [0, 0.1) is 0 Å². The van der Waals surface area contributed by atoms with E-state index in [2.05, 4.69) is 45.3 Å². The van der Waals surface area contributed by atoms with Crippen molar-refractivity contribution in [2.24, 2.45) is 0 Å². The van der Waals surface area contributed by atoms with Gasteiger partial charge in [0.1, 0.15) is 15.8 Å². The summed E-state index contributed by atoms with van der Waals surface area (Å²) in [7, 11) is 1.66. The van der Waals surface area contributed by atoms with Crippen LogP contribution >= 0.6 is 27.3 Å². The summed E-state index contributed by atoms with van der Waals surface area (Å²) in [6, 6.07) is 6.44. The second-order valence-electron chi connectivity index (χ2n) is 4.71. The van der Waals surface area contributed by atoms with Crippen LogP contribution in [0.15, 0.2) is 22.7 Å². The molecular weight excluding hydrogens is 338 g/mol. The first kappa shape index (κ1) is 15.4. The van der Waals surface area contributed by atoms with E-state index in [1.54, 1.807) is 18.4 Å². The van der Waals surface area contributed by atoms with E-state index in [1.807, 2.05) is 18.2 Å². The first-order valence-corrected chi connectivity index (χ1v) is 8.10. The van der Waals surface area contributed by atoms with Crippen LogP contribution in [0.1, 0.15) is 18.9 Å². The predicted octanol–water partition coefficient (Wildman–Crippen LogP) is 3.52. The fourth-order valence-electron chi connectivity index (χ4n) is 1.74. The lowest BCUT2D eigenvalue weighted by Crippen LogP contribution is -2.24. The van der Waals surface area contributed by atoms with Crippen molar-refractivity contribution in [1.82, 2.24) is 15.5 Å². The van der Waals surface area contributed by atoms with E-state index in [1.165, 1.54) is 0 Å². The Labute approximate surface area is 131 Å². The summed E-state index contributed by atoms with van der Waals surface area (Å²) in [5, 5.41) is 13.9. The largest absolute Gasteiger partial charge is 0.496 e. The number of nitrogens with one attached hydrogen (secondary N) is 1. The molecule has 0 saturated heterocycles. The van der Waals surface area contributed by atoms with Crippen molar-refractivity contribution in [3.8, 4) is 16.3 Å². The van der Waals surface area contributed by atoms with Gasteiger partial charge in [-0.1, -0.05) is 25.2 Å². The smallest absolute Gasteiger partial charge is 0.147 e. The lowest BCUT2D eigenvalue weighted by molar-refractivity contribution is 0.412. The van der Waals surface area contributed by atoms with Crippen molar-refractivity contribution in [3.05, 3.63) is 27.7 Å². The van der Waals surface area contributed by atoms with E-state index in [9.17, 15) is 0 Å². The Morgan fingerprint density at radius 1 is 1.35 bits per heavy atom. The monoisotopic (exact) mass is 355 g/mol. The molecule has 20 heavy (non-hydrogen) atoms. The number of benzene rings is 1. The standard InChI is InChI=1S/C14H18BrN3OS/c1-9(2)16-7-6-13-17-18-14(20-13)10-4-5-12(19-3)11(15)8-10/h4-5,8-9,16H,6-7H2,1-3H3. The number of aromatic nitrogens is 2. The van der Waals surface area contributed by atoms with Crippen LogP contribution in [-0.2, 0) is 6.42 Å². The van der Waals surface area contributed by atoms with E-state index in [-0.39, 0.29) is 0 Å². The quantitative estimate of drug-likeness (QED) is 0.860. The molecule has 0 fully saturated rings. The van der Waals surface area contributed by atoms with Gasteiger partial charge in [-0.15, -0.1) is 10.2 Å². The Morgan fingerprint density at radius 3 is 2.80 bits per heavy atom. The Kier molecular flexibility index (Phi) is 5.51. The van der Waals surface area contributed by atoms with Crippen LogP contribution in [0.3, 0.4) is 0 Å². The van der Waals surface area contributed by atoms with Crippen molar-refractivity contribution in [1.29, 1.82) is 0 Å². The van der Waals surface area contributed by atoms with Crippen LogP contribution in [0.25, 0.3) is 10.6 Å². The topological polar surface area (TPSA) is 47.0 Å². The van der Waals surface area contributed by atoms with Gasteiger partial charge in [-0.2, -0.15) is 0 Å². The van der Waals surface area contributed by atoms with Crippen molar-refractivity contribution >= 4 is 27.3 Å². The number of halogens is 1. The van der Waals surface area contributed by atoms with Gasteiger partial charge in [0.15, 0.2) is 0 Å². The van der Waals surface area contributed by atoms with Gasteiger partial charge >= 0.3 is 0 Å². The van der Waals surface area contributed by atoms with Gasteiger partial charge in [-0.25, -0.2) is 0 Å². The van der Waals surface area contributed by atoms with Crippen LogP contribution < -0.4 is 10.1 Å². The van der Waals surface area contributed by atoms with Crippen molar-refractivity contribution in [2.45, 2.75) is 26.3 Å². The average Bonchev–Trinajstić information content (AvgIpc) is 2.87. The highest BCUT2D eigenvalue weighted by atomic mass is 79.9. The van der Waals surface area contributed by atoms with Gasteiger partial charge in [0.25, 0.3) is 0 Å². The molecule has 4 nitrogen and oxygen atoms in total. The average molecular weight is 356 g/mol. The summed E-state index contributed by atoms with van der Waals surface area (Å²) < 4.78 is 6.16. The fraction of sp³-hybridized carbons (Fsp3) is 0.429. The first-order chi connectivity index (χ1) is 9.60. The van der Waals surface area contributed by atoms with E-state index < -0.39 is 0 Å². The lowest BCUT2D eigenvalue weighted by atomic mass is 10.2. The molecule has 1 N–H and O–H groups in total. The normalized spacial score (nSPS) is 11.1. The molecule has 0 atom stereocenters. The Hall–Kier alpha value is -0.980. The summed E-state index contributed by atoms with van der Waals surface area (Å²) in [4.78, 5) is 0. The maximum absolute atomic E-state index is 5.23. The summed E-state index contributed by atoms with van der Waals surface area (Å²) >= 11 is 5.13. The van der Waals surface area contributed by atoms with Crippen molar-refractivity contribution < 1.29 is 4.74 Å². The van der Waals surface area contributed by atoms with Crippen LogP contribution in [-0.4, -0.2) is 29.9 Å². The van der Waals surface area contributed by atoms with Crippen LogP contribution in [0.2, 0.25) is 0 Å². The van der Waals surface area contributed by atoms with Gasteiger partial charge in [0.2, 0.25) is 0 Å². The molecule has 0 bridgehead atoms. The number of hydrogen-bond donors (Lipinski definition) is 1. The second-order valence-corrected chi connectivity index (χ2v) is 6.63. The molecule has 1 aromatic carbocycles. The maximum Gasteiger partial charge on any atom is 0.147 e. The summed E-state index contributed by atoms with van der Waals surface area (Å²) in [5.74, 6) is 0.819. The molecule has 0 amide bonds. The maximum atomic E-state index is 5.23. The summed E-state index contributed by atoms with van der Waals surface area (Å²) in [6.45, 7) is 5.21. The molecular formula is C14H18BrN3OS. The number of ether oxygens (including phenoxy) is 1. The van der Waals surface area contributed by atoms with Crippen LogP contribution in [0.4, 0.5) is 0 Å². The molecule has 0 aliphatic rings. The number of methoxy groups -OCH3 is 1. The molecule has 2 aromatic rings. The molecule has 0 aliphatic carbocycles.